The third kappa shape index (κ3) is 2.85. The fourth-order valence-corrected chi connectivity index (χ4v) is 3.10. The maximum Gasteiger partial charge on any atom is 0.319 e. The maximum atomic E-state index is 12.3. The summed E-state index contributed by atoms with van der Waals surface area (Å²) < 4.78 is 4.76. The molecule has 22 heavy (non-hydrogen) atoms. The molecular formula is C16H16N2O3S. The minimum absolute atomic E-state index is 0.381. The molecule has 2 atom stereocenters. The summed E-state index contributed by atoms with van der Waals surface area (Å²) in [5, 5.41) is 12.6. The van der Waals surface area contributed by atoms with Crippen LogP contribution in [-0.2, 0) is 14.3 Å². The number of carbonyl (C=O) groups is 2. The summed E-state index contributed by atoms with van der Waals surface area (Å²) in [7, 11) is 1.24. The van der Waals surface area contributed by atoms with Crippen LogP contribution in [0.25, 0.3) is 0 Å². The molecule has 0 aliphatic carbocycles. The molecule has 114 valence electrons. The number of nitriles is 1. The SMILES string of the molecule is COC(=O)[C@H]1C(=O)NC(SC)=C(C#N)[C@H]1c1ccc(C)cc1. The van der Waals surface area contributed by atoms with E-state index in [0.29, 0.717) is 10.6 Å². The van der Waals surface area contributed by atoms with Crippen molar-refractivity contribution in [2.45, 2.75) is 12.8 Å². The molecule has 1 aliphatic rings. The van der Waals surface area contributed by atoms with E-state index in [1.807, 2.05) is 31.2 Å². The Kier molecular flexibility index (Phi) is 4.88. The van der Waals surface area contributed by atoms with Gasteiger partial charge in [0.25, 0.3) is 0 Å². The Morgan fingerprint density at radius 3 is 2.50 bits per heavy atom. The molecular weight excluding hydrogens is 300 g/mol. The number of amides is 1. The molecule has 2 rings (SSSR count). The first kappa shape index (κ1) is 16.1. The summed E-state index contributed by atoms with van der Waals surface area (Å²) in [5.41, 5.74) is 2.19. The van der Waals surface area contributed by atoms with Gasteiger partial charge in [0.05, 0.1) is 23.8 Å². The van der Waals surface area contributed by atoms with Crippen LogP contribution < -0.4 is 5.32 Å². The van der Waals surface area contributed by atoms with Gasteiger partial charge in [-0.05, 0) is 18.7 Å². The lowest BCUT2D eigenvalue weighted by Gasteiger charge is -2.30. The first-order valence-electron chi connectivity index (χ1n) is 6.67. The highest BCUT2D eigenvalue weighted by Gasteiger charge is 2.43. The van der Waals surface area contributed by atoms with Crippen LogP contribution in [0.2, 0.25) is 0 Å². The number of nitrogens with zero attached hydrogens (tertiary/aromatic N) is 1. The van der Waals surface area contributed by atoms with Gasteiger partial charge in [-0.3, -0.25) is 9.59 Å². The second-order valence-corrected chi connectivity index (χ2v) is 5.75. The Morgan fingerprint density at radius 1 is 1.36 bits per heavy atom. The van der Waals surface area contributed by atoms with E-state index < -0.39 is 23.7 Å². The van der Waals surface area contributed by atoms with E-state index in [2.05, 4.69) is 11.4 Å². The van der Waals surface area contributed by atoms with Gasteiger partial charge in [0.1, 0.15) is 5.92 Å². The first-order chi connectivity index (χ1) is 10.5. The van der Waals surface area contributed by atoms with Crippen LogP contribution in [0, 0.1) is 24.2 Å². The third-order valence-electron chi connectivity index (χ3n) is 3.62. The van der Waals surface area contributed by atoms with Gasteiger partial charge in [-0.15, -0.1) is 11.8 Å². The fourth-order valence-electron chi connectivity index (χ4n) is 2.50. The fraction of sp³-hybridized carbons (Fsp3) is 0.312. The van der Waals surface area contributed by atoms with Crippen molar-refractivity contribution in [2.75, 3.05) is 13.4 Å². The molecule has 0 spiro atoms. The van der Waals surface area contributed by atoms with Crippen LogP contribution in [0.4, 0.5) is 0 Å². The van der Waals surface area contributed by atoms with Crippen LogP contribution in [0.5, 0.6) is 0 Å². The molecule has 0 radical (unpaired) electrons. The second-order valence-electron chi connectivity index (χ2n) is 4.94. The number of nitrogens with one attached hydrogen (secondary N) is 1. The minimum Gasteiger partial charge on any atom is -0.468 e. The van der Waals surface area contributed by atoms with Crippen LogP contribution in [0.1, 0.15) is 17.0 Å². The number of ether oxygens (including phenoxy) is 1. The van der Waals surface area contributed by atoms with Crippen molar-refractivity contribution in [1.82, 2.24) is 5.32 Å². The summed E-state index contributed by atoms with van der Waals surface area (Å²) in [4.78, 5) is 24.4. The molecule has 1 aliphatic heterocycles. The molecule has 1 N–H and O–H groups in total. The van der Waals surface area contributed by atoms with Gasteiger partial charge < -0.3 is 10.1 Å². The second kappa shape index (κ2) is 6.67. The van der Waals surface area contributed by atoms with Gasteiger partial charge in [0, 0.05) is 5.92 Å². The number of aryl methyl sites for hydroxylation is 1. The number of methoxy groups -OCH3 is 1. The largest absolute Gasteiger partial charge is 0.468 e. The van der Waals surface area contributed by atoms with Crippen LogP contribution in [-0.4, -0.2) is 25.2 Å². The van der Waals surface area contributed by atoms with Crippen molar-refractivity contribution in [3.8, 4) is 6.07 Å². The van der Waals surface area contributed by atoms with Crippen molar-refractivity contribution in [3.05, 3.63) is 46.0 Å². The molecule has 1 aromatic rings. The quantitative estimate of drug-likeness (QED) is 0.682. The Hall–Kier alpha value is -2.26. The van der Waals surface area contributed by atoms with Gasteiger partial charge in [-0.25, -0.2) is 0 Å². The zero-order valence-corrected chi connectivity index (χ0v) is 13.4. The van der Waals surface area contributed by atoms with Crippen LogP contribution in [0.3, 0.4) is 0 Å². The molecule has 6 heteroatoms. The number of thioether (sulfide) groups is 1. The van der Waals surface area contributed by atoms with Gasteiger partial charge in [0.2, 0.25) is 5.91 Å². The van der Waals surface area contributed by atoms with Crippen molar-refractivity contribution in [1.29, 1.82) is 5.26 Å². The summed E-state index contributed by atoms with van der Waals surface area (Å²) in [5.74, 6) is -2.77. The van der Waals surface area contributed by atoms with Crippen molar-refractivity contribution < 1.29 is 14.3 Å². The van der Waals surface area contributed by atoms with Crippen molar-refractivity contribution in [3.63, 3.8) is 0 Å². The number of allylic oxidation sites excluding steroid dienone is 1. The zero-order valence-electron chi connectivity index (χ0n) is 12.5. The molecule has 5 nitrogen and oxygen atoms in total. The van der Waals surface area contributed by atoms with Gasteiger partial charge in [-0.2, -0.15) is 5.26 Å². The van der Waals surface area contributed by atoms with Crippen molar-refractivity contribution in [2.24, 2.45) is 5.92 Å². The summed E-state index contributed by atoms with van der Waals surface area (Å²) >= 11 is 1.28. The zero-order chi connectivity index (χ0) is 16.3. The molecule has 0 fully saturated rings. The predicted octanol–water partition coefficient (Wildman–Crippen LogP) is 2.10. The lowest BCUT2D eigenvalue weighted by Crippen LogP contribution is -2.44. The molecule has 0 bridgehead atoms. The summed E-state index contributed by atoms with van der Waals surface area (Å²) in [6.07, 6.45) is 1.78. The highest BCUT2D eigenvalue weighted by atomic mass is 32.2. The van der Waals surface area contributed by atoms with Crippen LogP contribution >= 0.6 is 11.8 Å². The highest BCUT2D eigenvalue weighted by Crippen LogP contribution is 2.39. The van der Waals surface area contributed by atoms with E-state index in [1.165, 1.54) is 18.9 Å². The van der Waals surface area contributed by atoms with E-state index in [0.717, 1.165) is 11.1 Å². The predicted molar refractivity (Wildman–Crippen MR) is 83.7 cm³/mol. The Bertz CT molecular complexity index is 674. The topological polar surface area (TPSA) is 79.2 Å². The van der Waals surface area contributed by atoms with Crippen LogP contribution in [0.15, 0.2) is 34.9 Å². The van der Waals surface area contributed by atoms with E-state index in [9.17, 15) is 14.9 Å². The Balaban J connectivity index is 2.62. The number of hydrogen-bond acceptors (Lipinski definition) is 5. The number of hydrogen-bond donors (Lipinski definition) is 1. The first-order valence-corrected chi connectivity index (χ1v) is 7.89. The van der Waals surface area contributed by atoms with E-state index in [-0.39, 0.29) is 0 Å². The highest BCUT2D eigenvalue weighted by molar-refractivity contribution is 8.02. The van der Waals surface area contributed by atoms with Crippen molar-refractivity contribution >= 4 is 23.6 Å². The number of benzene rings is 1. The number of rotatable bonds is 3. The molecule has 1 aromatic carbocycles. The van der Waals surface area contributed by atoms with E-state index in [4.69, 9.17) is 4.74 Å². The smallest absolute Gasteiger partial charge is 0.319 e. The lowest BCUT2D eigenvalue weighted by molar-refractivity contribution is -0.150. The Labute approximate surface area is 133 Å². The average molecular weight is 316 g/mol. The molecule has 0 saturated carbocycles. The lowest BCUT2D eigenvalue weighted by atomic mass is 9.78. The summed E-state index contributed by atoms with van der Waals surface area (Å²) in [6.45, 7) is 1.95. The molecule has 0 saturated heterocycles. The van der Waals surface area contributed by atoms with E-state index >= 15 is 0 Å². The Morgan fingerprint density at radius 2 is 2.00 bits per heavy atom. The van der Waals surface area contributed by atoms with E-state index in [1.54, 1.807) is 6.26 Å². The number of esters is 1. The normalized spacial score (nSPS) is 21.1. The average Bonchev–Trinajstić information content (AvgIpc) is 2.53. The molecule has 0 aromatic heterocycles. The standard InChI is InChI=1S/C16H16N2O3S/c1-9-4-6-10(7-5-9)12-11(8-17)15(22-3)18-14(19)13(12)16(20)21-2/h4-7,12-13H,1-3H3,(H,18,19)/t12-,13-/m1/s1. The van der Waals surface area contributed by atoms with Gasteiger partial charge in [0.15, 0.2) is 0 Å². The maximum absolute atomic E-state index is 12.3. The molecule has 1 heterocycles. The monoisotopic (exact) mass is 316 g/mol. The molecule has 1 amide bonds. The summed E-state index contributed by atoms with van der Waals surface area (Å²) in [6, 6.07) is 9.59. The minimum atomic E-state index is -1.06. The third-order valence-corrected chi connectivity index (χ3v) is 4.35. The van der Waals surface area contributed by atoms with Gasteiger partial charge in [-0.1, -0.05) is 29.8 Å². The molecule has 0 unspecified atom stereocenters. The number of carbonyl (C=O) groups excluding carboxylic acids is 2. The van der Waals surface area contributed by atoms with Gasteiger partial charge >= 0.3 is 5.97 Å².